The van der Waals surface area contributed by atoms with Gasteiger partial charge in [0, 0.05) is 72.7 Å². The number of aliphatic hydroxyl groups is 3. The van der Waals surface area contributed by atoms with E-state index in [1.807, 2.05) is 41.5 Å². The summed E-state index contributed by atoms with van der Waals surface area (Å²) < 4.78 is 52.2. The number of pyridine rings is 2. The average molecular weight is 817 g/mol. The second kappa shape index (κ2) is 17.8. The molecule has 0 bridgehead atoms. The number of rotatable bonds is 5. The van der Waals surface area contributed by atoms with E-state index in [1.54, 1.807) is 12.1 Å². The number of hydrogen-bond donors (Lipinski definition) is 3. The minimum atomic E-state index is -0.720. The van der Waals surface area contributed by atoms with Crippen LogP contribution in [0.25, 0.3) is 22.5 Å². The summed E-state index contributed by atoms with van der Waals surface area (Å²) in [7, 11) is 0. The van der Waals surface area contributed by atoms with Crippen LogP contribution < -0.4 is 0 Å². The van der Waals surface area contributed by atoms with Crippen LogP contribution in [0, 0.1) is 46.2 Å². The van der Waals surface area contributed by atoms with Crippen molar-refractivity contribution in [2.75, 3.05) is 0 Å². The van der Waals surface area contributed by atoms with Crippen molar-refractivity contribution in [2.45, 2.75) is 54.8 Å². The maximum atomic E-state index is 13.4. The van der Waals surface area contributed by atoms with Crippen molar-refractivity contribution >= 4 is 5.78 Å². The maximum Gasteiger partial charge on any atom is 0.164 e. The number of aliphatic hydroxyl groups excluding tert-OH is 3. The molecular formula is C35H36F4IrN2O4-2. The first kappa shape index (κ1) is 40.3. The van der Waals surface area contributed by atoms with Gasteiger partial charge in [0.05, 0.1) is 13.2 Å². The molecule has 0 fully saturated rings. The molecule has 249 valence electrons. The second-order valence-electron chi connectivity index (χ2n) is 11.9. The summed E-state index contributed by atoms with van der Waals surface area (Å²) in [5, 5.41) is 27.4. The zero-order valence-corrected chi connectivity index (χ0v) is 28.6. The molecule has 46 heavy (non-hydrogen) atoms. The van der Waals surface area contributed by atoms with Gasteiger partial charge in [-0.15, -0.1) is 24.3 Å². The quantitative estimate of drug-likeness (QED) is 0.0826. The van der Waals surface area contributed by atoms with Crippen molar-refractivity contribution in [3.63, 3.8) is 0 Å². The molecule has 0 aliphatic heterocycles. The fraction of sp³-hybridized carbons (Fsp3) is 0.286. The van der Waals surface area contributed by atoms with E-state index < -0.39 is 28.7 Å². The van der Waals surface area contributed by atoms with Gasteiger partial charge < -0.3 is 25.3 Å². The van der Waals surface area contributed by atoms with E-state index in [2.05, 4.69) is 22.1 Å². The van der Waals surface area contributed by atoms with Crippen LogP contribution >= 0.6 is 0 Å². The second-order valence-corrected chi connectivity index (χ2v) is 11.9. The third-order valence-electron chi connectivity index (χ3n) is 6.02. The largest absolute Gasteiger partial charge is 0.512 e. The van der Waals surface area contributed by atoms with Crippen molar-refractivity contribution in [1.29, 1.82) is 0 Å². The molecule has 2 aromatic carbocycles. The molecule has 2 heterocycles. The number of allylic oxidation sites excluding steroid dienone is 2. The molecule has 0 saturated heterocycles. The molecular weight excluding hydrogens is 781 g/mol. The Balaban J connectivity index is 0.000000344. The van der Waals surface area contributed by atoms with E-state index in [-0.39, 0.29) is 61.4 Å². The number of halogens is 4. The third kappa shape index (κ3) is 12.6. The molecule has 4 rings (SSSR count). The van der Waals surface area contributed by atoms with Crippen molar-refractivity contribution < 1.29 is 57.8 Å². The van der Waals surface area contributed by atoms with Crippen LogP contribution in [0.2, 0.25) is 0 Å². The van der Waals surface area contributed by atoms with E-state index in [0.717, 1.165) is 24.3 Å². The Morgan fingerprint density at radius 1 is 0.739 bits per heavy atom. The van der Waals surface area contributed by atoms with Gasteiger partial charge in [-0.3, -0.25) is 22.4 Å². The molecule has 0 spiro atoms. The van der Waals surface area contributed by atoms with Crippen LogP contribution in [0.1, 0.15) is 52.7 Å². The topological polar surface area (TPSA) is 104 Å². The minimum Gasteiger partial charge on any atom is -0.512 e. The Hall–Kier alpha value is -3.76. The number of hydrogen-bond acceptors (Lipinski definition) is 6. The predicted octanol–water partition coefficient (Wildman–Crippen LogP) is 7.73. The molecule has 0 aliphatic carbocycles. The number of nitrogens with zero attached hydrogens (tertiary/aromatic N) is 2. The summed E-state index contributed by atoms with van der Waals surface area (Å²) in [4.78, 5) is 19.4. The van der Waals surface area contributed by atoms with Crippen LogP contribution in [0.4, 0.5) is 17.6 Å². The predicted molar refractivity (Wildman–Crippen MR) is 163 cm³/mol. The molecule has 6 nitrogen and oxygen atoms in total. The Kier molecular flexibility index (Phi) is 15.6. The van der Waals surface area contributed by atoms with Gasteiger partial charge in [0.25, 0.3) is 0 Å². The van der Waals surface area contributed by atoms with E-state index >= 15 is 0 Å². The molecule has 0 amide bonds. The summed E-state index contributed by atoms with van der Waals surface area (Å²) in [5.74, 6) is -2.70. The van der Waals surface area contributed by atoms with E-state index in [9.17, 15) is 27.5 Å². The number of ketones is 1. The first-order valence-electron chi connectivity index (χ1n) is 13.8. The normalized spacial score (nSPS) is 11.3. The van der Waals surface area contributed by atoms with Crippen molar-refractivity contribution in [2.24, 2.45) is 10.8 Å². The fourth-order valence-electron chi connectivity index (χ4n) is 3.26. The number of carbonyl (C=O) groups is 1. The summed E-state index contributed by atoms with van der Waals surface area (Å²) in [6, 6.07) is 14.9. The zero-order chi connectivity index (χ0) is 33.9. The van der Waals surface area contributed by atoms with Gasteiger partial charge in [0.1, 0.15) is 5.76 Å². The van der Waals surface area contributed by atoms with Crippen LogP contribution in [-0.4, -0.2) is 31.1 Å². The first-order chi connectivity index (χ1) is 21.0. The minimum absolute atomic E-state index is 0. The molecule has 0 atom stereocenters. The molecule has 11 heteroatoms. The van der Waals surface area contributed by atoms with Gasteiger partial charge in [-0.05, 0) is 34.6 Å². The molecule has 0 saturated carbocycles. The molecule has 1 radical (unpaired) electrons. The zero-order valence-electron chi connectivity index (χ0n) is 26.3. The summed E-state index contributed by atoms with van der Waals surface area (Å²) >= 11 is 0. The fourth-order valence-corrected chi connectivity index (χ4v) is 3.26. The summed E-state index contributed by atoms with van der Waals surface area (Å²) in [6.45, 7) is 10.8. The number of benzene rings is 2. The summed E-state index contributed by atoms with van der Waals surface area (Å²) in [5.41, 5.74) is 1.30. The number of carbonyl (C=O) groups excluding carboxylic acids is 1. The molecule has 3 N–H and O–H groups in total. The van der Waals surface area contributed by atoms with Gasteiger partial charge >= 0.3 is 0 Å². The average Bonchev–Trinajstić information content (AvgIpc) is 2.97. The van der Waals surface area contributed by atoms with Gasteiger partial charge in [0.2, 0.25) is 0 Å². The monoisotopic (exact) mass is 817 g/mol. The standard InChI is InChI=1S/2C12H8F2NO.C11H20O2.Ir/c2*13-9-1-2-10(11(14)6-9)12-5-8(7-16)3-4-15-12;1-10(2,3)8(12)7-9(13)11(4,5)6;/h2*1,3-6,16H,7H2;7,12H,1-6H3;/q2*-1;;/b;;8-7-;. The van der Waals surface area contributed by atoms with Gasteiger partial charge in [-0.2, -0.15) is 0 Å². The maximum absolute atomic E-state index is 13.4. The van der Waals surface area contributed by atoms with Crippen LogP contribution in [0.5, 0.6) is 0 Å². The van der Waals surface area contributed by atoms with Gasteiger partial charge in [-0.1, -0.05) is 76.9 Å². The van der Waals surface area contributed by atoms with Crippen LogP contribution in [0.15, 0.2) is 72.8 Å². The SMILES string of the molecule is CC(C)(C)C(=O)/C=C(\O)C(C)(C)C.OCc1ccnc(-c2[c-]cc(F)cc2F)c1.OCc1ccnc(-c2[c-]cc(F)cc2F)c1.[Ir]. The Bertz CT molecular complexity index is 1540. The Morgan fingerprint density at radius 3 is 1.43 bits per heavy atom. The molecule has 2 aromatic heterocycles. The van der Waals surface area contributed by atoms with Crippen LogP contribution in [-0.2, 0) is 38.1 Å². The van der Waals surface area contributed by atoms with Gasteiger partial charge in [0.15, 0.2) is 5.78 Å². The molecule has 4 aromatic rings. The van der Waals surface area contributed by atoms with E-state index in [1.165, 1.54) is 30.6 Å². The van der Waals surface area contributed by atoms with Gasteiger partial charge in [-0.25, -0.2) is 0 Å². The third-order valence-corrected chi connectivity index (χ3v) is 6.02. The van der Waals surface area contributed by atoms with Crippen molar-refractivity contribution in [1.82, 2.24) is 9.97 Å². The van der Waals surface area contributed by atoms with E-state index in [0.29, 0.717) is 22.5 Å². The molecule has 0 unspecified atom stereocenters. The smallest absolute Gasteiger partial charge is 0.164 e. The Labute approximate surface area is 280 Å². The Morgan fingerprint density at radius 2 is 1.13 bits per heavy atom. The van der Waals surface area contributed by atoms with Crippen molar-refractivity contribution in [3.8, 4) is 22.5 Å². The first-order valence-corrected chi connectivity index (χ1v) is 13.8. The van der Waals surface area contributed by atoms with Crippen LogP contribution in [0.3, 0.4) is 0 Å². The number of aromatic nitrogens is 2. The molecule has 0 aliphatic rings. The summed E-state index contributed by atoms with van der Waals surface area (Å²) in [6.07, 6.45) is 4.25. The van der Waals surface area contributed by atoms with Crippen molar-refractivity contribution in [3.05, 3.63) is 119 Å². The van der Waals surface area contributed by atoms with E-state index in [4.69, 9.17) is 10.2 Å².